The van der Waals surface area contributed by atoms with Gasteiger partial charge in [-0.2, -0.15) is 0 Å². The molecule has 2 aromatic carbocycles. The lowest BCUT2D eigenvalue weighted by Gasteiger charge is -2.32. The van der Waals surface area contributed by atoms with Gasteiger partial charge in [0, 0.05) is 32.4 Å². The Kier molecular flexibility index (Phi) is 3.66. The second-order valence-corrected chi connectivity index (χ2v) is 6.62. The van der Waals surface area contributed by atoms with Crippen molar-refractivity contribution in [3.8, 4) is 0 Å². The van der Waals surface area contributed by atoms with Crippen molar-refractivity contribution < 1.29 is 0 Å². The van der Waals surface area contributed by atoms with Gasteiger partial charge in [-0.3, -0.25) is 9.89 Å². The summed E-state index contributed by atoms with van der Waals surface area (Å²) in [5.41, 5.74) is 2.76. The molecular weight excluding hydrogens is 282 g/mol. The molecule has 2 aromatic rings. The summed E-state index contributed by atoms with van der Waals surface area (Å²) < 4.78 is 0. The van der Waals surface area contributed by atoms with Gasteiger partial charge in [0.25, 0.3) is 0 Å². The van der Waals surface area contributed by atoms with Crippen molar-refractivity contribution in [1.82, 2.24) is 4.90 Å². The van der Waals surface area contributed by atoms with Crippen molar-refractivity contribution in [2.45, 2.75) is 24.9 Å². The number of para-hydroxylation sites is 1. The maximum Gasteiger partial charge on any atom is 0.133 e. The number of amidine groups is 1. The third-order valence-corrected chi connectivity index (χ3v) is 5.08. The van der Waals surface area contributed by atoms with Crippen LogP contribution < -0.4 is 4.90 Å². The molecule has 0 aliphatic carbocycles. The van der Waals surface area contributed by atoms with Crippen molar-refractivity contribution in [2.24, 2.45) is 4.99 Å². The topological polar surface area (TPSA) is 18.8 Å². The Morgan fingerprint density at radius 2 is 1.57 bits per heavy atom. The predicted molar refractivity (Wildman–Crippen MR) is 96.0 cm³/mol. The van der Waals surface area contributed by atoms with Crippen molar-refractivity contribution in [2.75, 3.05) is 25.0 Å². The zero-order valence-electron chi connectivity index (χ0n) is 13.7. The van der Waals surface area contributed by atoms with Crippen molar-refractivity contribution >= 4 is 11.5 Å². The molecule has 1 saturated heterocycles. The molecule has 0 unspecified atom stereocenters. The van der Waals surface area contributed by atoms with E-state index in [-0.39, 0.29) is 5.54 Å². The van der Waals surface area contributed by atoms with Gasteiger partial charge in [0.05, 0.1) is 0 Å². The van der Waals surface area contributed by atoms with Gasteiger partial charge in [-0.05, 0) is 30.5 Å². The first kappa shape index (κ1) is 14.5. The highest BCUT2D eigenvalue weighted by molar-refractivity contribution is 6.13. The summed E-state index contributed by atoms with van der Waals surface area (Å²) in [7, 11) is 2.14. The summed E-state index contributed by atoms with van der Waals surface area (Å²) >= 11 is 0. The maximum atomic E-state index is 4.88. The van der Waals surface area contributed by atoms with Crippen LogP contribution in [0.5, 0.6) is 0 Å². The van der Waals surface area contributed by atoms with E-state index < -0.39 is 0 Å². The van der Waals surface area contributed by atoms with Crippen LogP contribution in [0.25, 0.3) is 0 Å². The summed E-state index contributed by atoms with van der Waals surface area (Å²) in [5.74, 6) is 1.27. The van der Waals surface area contributed by atoms with Crippen molar-refractivity contribution in [3.63, 3.8) is 0 Å². The molecule has 3 nitrogen and oxygen atoms in total. The fourth-order valence-corrected chi connectivity index (χ4v) is 3.59. The molecule has 1 fully saturated rings. The van der Waals surface area contributed by atoms with Crippen LogP contribution in [0.4, 0.5) is 5.69 Å². The van der Waals surface area contributed by atoms with Crippen LogP contribution in [0.1, 0.15) is 18.4 Å². The van der Waals surface area contributed by atoms with Gasteiger partial charge in [-0.1, -0.05) is 48.5 Å². The van der Waals surface area contributed by atoms with Crippen LogP contribution in [0.3, 0.4) is 0 Å². The smallest absolute Gasteiger partial charge is 0.133 e. The number of hydrogen-bond donors (Lipinski definition) is 0. The minimum absolute atomic E-state index is 0.123. The molecule has 0 atom stereocenters. The second-order valence-electron chi connectivity index (χ2n) is 6.62. The highest BCUT2D eigenvalue weighted by Gasteiger charge is 2.51. The first-order chi connectivity index (χ1) is 11.3. The summed E-state index contributed by atoms with van der Waals surface area (Å²) in [6, 6.07) is 21.3. The molecule has 3 heteroatoms. The van der Waals surface area contributed by atoms with E-state index in [1.165, 1.54) is 17.1 Å². The number of nitrogens with zero attached hydrogens (tertiary/aromatic N) is 3. The molecule has 0 bridgehead atoms. The fourth-order valence-electron chi connectivity index (χ4n) is 3.59. The quantitative estimate of drug-likeness (QED) is 0.863. The first-order valence-electron chi connectivity index (χ1n) is 8.42. The molecule has 2 heterocycles. The Bertz CT molecular complexity index is 685. The average Bonchev–Trinajstić information content (AvgIpc) is 3.32. The molecule has 0 radical (unpaired) electrons. The maximum absolute atomic E-state index is 4.88. The largest absolute Gasteiger partial charge is 0.331 e. The molecule has 1 spiro atoms. The Hall–Kier alpha value is -2.13. The Morgan fingerprint density at radius 1 is 0.957 bits per heavy atom. The lowest BCUT2D eigenvalue weighted by Crippen LogP contribution is -2.42. The first-order valence-corrected chi connectivity index (χ1v) is 8.42. The summed E-state index contributed by atoms with van der Waals surface area (Å²) in [6.45, 7) is 3.32. The SMILES string of the molecule is CN(C1=NC12CCN(Cc1ccccc1)CC2)c1ccccc1. The third kappa shape index (κ3) is 2.89. The molecule has 23 heavy (non-hydrogen) atoms. The van der Waals surface area contributed by atoms with Crippen LogP contribution in [0.15, 0.2) is 65.7 Å². The zero-order chi connectivity index (χ0) is 15.7. The van der Waals surface area contributed by atoms with Gasteiger partial charge in [-0.25, -0.2) is 0 Å². The molecule has 0 N–H and O–H groups in total. The number of aliphatic imine (C=N–C) groups is 1. The Labute approximate surface area is 138 Å². The van der Waals surface area contributed by atoms with Gasteiger partial charge in [0.1, 0.15) is 11.4 Å². The van der Waals surface area contributed by atoms with Crippen LogP contribution in [0, 0.1) is 0 Å². The van der Waals surface area contributed by atoms with Gasteiger partial charge in [-0.15, -0.1) is 0 Å². The van der Waals surface area contributed by atoms with Crippen LogP contribution in [-0.2, 0) is 6.54 Å². The van der Waals surface area contributed by atoms with E-state index in [0.29, 0.717) is 0 Å². The Balaban J connectivity index is 1.34. The zero-order valence-corrected chi connectivity index (χ0v) is 13.7. The number of likely N-dealkylation sites (tertiary alicyclic amines) is 1. The summed E-state index contributed by atoms with van der Waals surface area (Å²) in [6.07, 6.45) is 2.29. The predicted octanol–water partition coefficient (Wildman–Crippen LogP) is 3.57. The van der Waals surface area contributed by atoms with Crippen LogP contribution in [-0.4, -0.2) is 36.4 Å². The van der Waals surface area contributed by atoms with E-state index in [4.69, 9.17) is 4.99 Å². The highest BCUT2D eigenvalue weighted by atomic mass is 15.3. The van der Waals surface area contributed by atoms with E-state index in [0.717, 1.165) is 32.5 Å². The van der Waals surface area contributed by atoms with Gasteiger partial charge in [0.15, 0.2) is 0 Å². The minimum atomic E-state index is 0.123. The number of anilines is 1. The fraction of sp³-hybridized carbons (Fsp3) is 0.350. The average molecular weight is 305 g/mol. The van der Waals surface area contributed by atoms with Gasteiger partial charge in [0.2, 0.25) is 0 Å². The number of rotatable bonds is 3. The van der Waals surface area contributed by atoms with Crippen molar-refractivity contribution in [1.29, 1.82) is 0 Å². The van der Waals surface area contributed by atoms with Crippen LogP contribution >= 0.6 is 0 Å². The van der Waals surface area contributed by atoms with Gasteiger partial charge >= 0.3 is 0 Å². The molecule has 0 aromatic heterocycles. The lowest BCUT2D eigenvalue weighted by molar-refractivity contribution is 0.200. The number of hydrogen-bond acceptors (Lipinski definition) is 3. The summed E-state index contributed by atoms with van der Waals surface area (Å²) in [5, 5.41) is 0. The molecule has 0 amide bonds. The number of benzene rings is 2. The van der Waals surface area contributed by atoms with E-state index in [2.05, 4.69) is 77.5 Å². The standard InChI is InChI=1S/C20H23N3/c1-22(18-10-6-3-7-11-18)19-20(21-19)12-14-23(15-13-20)16-17-8-4-2-5-9-17/h2-11H,12-16H2,1H3. The minimum Gasteiger partial charge on any atom is -0.331 e. The normalized spacial score (nSPS) is 19.4. The molecule has 2 aliphatic rings. The van der Waals surface area contributed by atoms with E-state index >= 15 is 0 Å². The third-order valence-electron chi connectivity index (χ3n) is 5.08. The van der Waals surface area contributed by atoms with E-state index in [1.54, 1.807) is 0 Å². The van der Waals surface area contributed by atoms with Crippen molar-refractivity contribution in [3.05, 3.63) is 66.2 Å². The van der Waals surface area contributed by atoms with Gasteiger partial charge < -0.3 is 4.90 Å². The second kappa shape index (κ2) is 5.82. The lowest BCUT2D eigenvalue weighted by atomic mass is 9.93. The molecular formula is C20H23N3. The Morgan fingerprint density at radius 3 is 2.22 bits per heavy atom. The highest BCUT2D eigenvalue weighted by Crippen LogP contribution is 2.41. The number of piperidine rings is 1. The molecule has 4 rings (SSSR count). The summed E-state index contributed by atoms with van der Waals surface area (Å²) in [4.78, 5) is 9.69. The molecule has 2 aliphatic heterocycles. The molecule has 118 valence electrons. The monoisotopic (exact) mass is 305 g/mol. The molecule has 0 saturated carbocycles. The van der Waals surface area contributed by atoms with E-state index in [9.17, 15) is 0 Å². The van der Waals surface area contributed by atoms with E-state index in [1.807, 2.05) is 0 Å². The number of likely N-dealkylation sites (N-methyl/N-ethyl adjacent to an activating group) is 1. The van der Waals surface area contributed by atoms with Crippen LogP contribution in [0.2, 0.25) is 0 Å².